The van der Waals surface area contributed by atoms with Gasteiger partial charge in [-0.25, -0.2) is 8.42 Å². The topological polar surface area (TPSA) is 342 Å². The van der Waals surface area contributed by atoms with E-state index in [-0.39, 0.29) is 130 Å². The average Bonchev–Trinajstić information content (AvgIpc) is 1.69. The smallest absolute Gasteiger partial charge is 0.177 e. The van der Waals surface area contributed by atoms with Crippen molar-refractivity contribution in [1.29, 1.82) is 0 Å². The monoisotopic (exact) mass is 1440 g/mol. The largest absolute Gasteiger partial charge is 0.820 e. The van der Waals surface area contributed by atoms with Crippen LogP contribution in [0, 0.1) is 20.8 Å². The van der Waals surface area contributed by atoms with Crippen LogP contribution < -0.4 is 38.0 Å². The molecule has 13 rings (SSSR count). The van der Waals surface area contributed by atoms with Crippen molar-refractivity contribution in [3.05, 3.63) is 209 Å². The summed E-state index contributed by atoms with van der Waals surface area (Å²) >= 11 is 0. The summed E-state index contributed by atoms with van der Waals surface area (Å²) in [6.07, 6.45) is -0.904. The summed E-state index contributed by atoms with van der Waals surface area (Å²) in [5, 5.41) is 56.5. The van der Waals surface area contributed by atoms with Crippen molar-refractivity contribution < 1.29 is 79.2 Å². The van der Waals surface area contributed by atoms with Crippen LogP contribution in [0.2, 0.25) is 0 Å². The lowest BCUT2D eigenvalue weighted by Gasteiger charge is -2.20. The molecule has 0 radical (unpaired) electrons. The summed E-state index contributed by atoms with van der Waals surface area (Å²) in [6.45, 7) is 21.1. The first kappa shape index (κ1) is 97.0. The molecule has 0 aliphatic carbocycles. The number of hydrogen-bond donors (Lipinski definition) is 11. The number of quaternary nitrogens is 1. The van der Waals surface area contributed by atoms with E-state index in [4.69, 9.17) is 54.8 Å². The molecule has 0 bridgehead atoms. The molecule has 0 spiro atoms. The predicted octanol–water partition coefficient (Wildman–Crippen LogP) is 8.48. The Bertz CT molecular complexity index is 2830. The molecule has 23 heteroatoms. The molecule has 7 aliphatic heterocycles. The van der Waals surface area contributed by atoms with E-state index < -0.39 is 23.6 Å². The van der Waals surface area contributed by atoms with Crippen LogP contribution in [0.1, 0.15) is 137 Å². The van der Waals surface area contributed by atoms with Crippen LogP contribution in [-0.4, -0.2) is 186 Å². The second-order valence-electron chi connectivity index (χ2n) is 24.2. The zero-order chi connectivity index (χ0) is 68.4. The number of fused-ring (bicyclic) bond motifs is 1. The lowest BCUT2D eigenvalue weighted by atomic mass is 10.1. The van der Waals surface area contributed by atoms with Crippen molar-refractivity contribution in [2.75, 3.05) is 79.3 Å². The van der Waals surface area contributed by atoms with Gasteiger partial charge in [-0.1, -0.05) is 227 Å². The first-order valence-electron chi connectivity index (χ1n) is 32.1. The molecule has 7 saturated heterocycles. The normalized spacial score (nSPS) is 25.0. The molecule has 7 heterocycles. The van der Waals surface area contributed by atoms with Crippen LogP contribution in [0.3, 0.4) is 0 Å². The van der Waals surface area contributed by atoms with Crippen LogP contribution in [0.15, 0.2) is 175 Å². The molecule has 15 N–H and O–H groups in total. The van der Waals surface area contributed by atoms with Gasteiger partial charge in [-0.2, -0.15) is 0 Å². The van der Waals surface area contributed by atoms with E-state index in [1.54, 1.807) is 12.1 Å². The Balaban J connectivity index is -0.00000108. The molecule has 4 unspecified atom stereocenters. The fourth-order valence-electron chi connectivity index (χ4n) is 9.66. The lowest BCUT2D eigenvalue weighted by Crippen LogP contribution is -2.66. The average molecular weight is 1440 g/mol. The van der Waals surface area contributed by atoms with Gasteiger partial charge in [0, 0.05) is 25.6 Å². The van der Waals surface area contributed by atoms with Gasteiger partial charge in [-0.3, -0.25) is 0 Å². The van der Waals surface area contributed by atoms with Crippen molar-refractivity contribution in [3.8, 4) is 0 Å². The number of aliphatic hydroxyl groups excluding tert-OH is 5. The van der Waals surface area contributed by atoms with Crippen molar-refractivity contribution >= 4 is 17.5 Å². The third kappa shape index (κ3) is 36.9. The maximum absolute atomic E-state index is 11.0. The molecule has 570 valence electrons. The van der Waals surface area contributed by atoms with Crippen molar-refractivity contribution in [1.82, 2.24) is 16.0 Å². The van der Waals surface area contributed by atoms with E-state index >= 15 is 0 Å². The number of ether oxygens (including phenoxy) is 7. The Kier molecular flexibility index (Phi) is 51.2. The summed E-state index contributed by atoms with van der Waals surface area (Å²) in [4.78, 5) is 10.4. The Labute approximate surface area is 604 Å². The van der Waals surface area contributed by atoms with Gasteiger partial charge in [0.05, 0.1) is 126 Å². The summed E-state index contributed by atoms with van der Waals surface area (Å²) in [5.74, 6) is 0. The first-order chi connectivity index (χ1) is 45.0. The number of epoxide rings is 1. The number of nitrogens with two attached hydrogens (primary N) is 2. The highest BCUT2D eigenvalue weighted by Gasteiger charge is 2.44. The van der Waals surface area contributed by atoms with E-state index in [0.717, 1.165) is 18.8 Å². The highest BCUT2D eigenvalue weighted by molar-refractivity contribution is 8.41. The molecule has 0 aromatic heterocycles. The van der Waals surface area contributed by atoms with Gasteiger partial charge in [0.15, 0.2) is 9.46 Å². The van der Waals surface area contributed by atoms with E-state index in [0.29, 0.717) is 78.3 Å². The van der Waals surface area contributed by atoms with Gasteiger partial charge in [0.1, 0.15) is 31.0 Å². The second-order valence-corrected chi connectivity index (χ2v) is 27.9. The fourth-order valence-corrected chi connectivity index (χ4v) is 10.9. The number of aliphatic hydroxyl groups is 5. The highest BCUT2D eigenvalue weighted by Crippen LogP contribution is 2.28. The maximum atomic E-state index is 11.0. The SMILES string of the molecule is C.C.C.C.C.C.C1OCC2OC12.C[C@H](N)c1ccccc1.C[C@H](N[C@@H]1COC[C@H]1O)c1ccccc1.C[C@H](N[C@H]1COCC1O)c1ccccc1.C[C@H](N[C@H]1COC[C@@H]1O)c1ccccc1.Cc1ccc(C)cc1.Cc1ccc(S(=O)(=O)P[O-])cc1.N[C@H]1COC[C@@H]1O.[HH].[NH3+][C@H]1COC[C@@H]1O. The number of aryl methyl sites for hydroxylation is 3. The number of benzene rings is 6. The Morgan fingerprint density at radius 2 is 0.710 bits per heavy atom. The highest BCUT2D eigenvalue weighted by atomic mass is 32.8. The molecule has 0 amide bonds. The molecule has 100 heavy (non-hydrogen) atoms. The zero-order valence-electron chi connectivity index (χ0n) is 55.5. The lowest BCUT2D eigenvalue weighted by molar-refractivity contribution is -0.429. The molecular formula is C77H131N6O15PS. The molecule has 0 saturated carbocycles. The van der Waals surface area contributed by atoms with Crippen molar-refractivity contribution in [2.24, 2.45) is 11.5 Å². The standard InChI is InChI=1S/3C12H17NO2.C8H11N.C8H10.C7H8O3PS.2C4H9NO2.C4H6O2.6CH4.H2/c3*1-9(10-5-3-2-4-6-10)13-11-7-15-8-12(11)14;1-7(9)8-5-3-2-4-6-8;1-7-3-5-8(2)6-4-7;1-6-2-4-7(5-3-6)12(9,10)11-8;2*5-3-1-7-2-4(3)6;1-3-4(6-3)2-5-1;;;;;;;/h3*2-6,9,11-14H,7-8H2,1H3;2-7H,9H2,1H3;3-6H,1-2H3;2-5,11H,1H3;2*3-4,6H,1-2,5H2;3-4H,1-2H2;6*1H4;1H/q;;;;;-1;;;;;;;;;;/p+1/t9-,11+,12+;9-,11-,12?;9-,11-,12-;7-;;;2*3-,4-;;;;;;;;/m0000..00......../s1. The van der Waals surface area contributed by atoms with E-state index in [2.05, 4.69) is 117 Å². The molecule has 6 aromatic rings. The quantitative estimate of drug-likeness (QED) is 0.0404. The van der Waals surface area contributed by atoms with Gasteiger partial charge in [0.2, 0.25) is 0 Å². The minimum Gasteiger partial charge on any atom is -0.820 e. The number of hydrogen-bond acceptors (Lipinski definition) is 20. The van der Waals surface area contributed by atoms with Crippen molar-refractivity contribution in [3.63, 3.8) is 0 Å². The maximum Gasteiger partial charge on any atom is 0.177 e. The molecule has 7 fully saturated rings. The van der Waals surface area contributed by atoms with Gasteiger partial charge in [0.25, 0.3) is 0 Å². The van der Waals surface area contributed by atoms with Gasteiger partial charge >= 0.3 is 0 Å². The Morgan fingerprint density at radius 3 is 0.900 bits per heavy atom. The van der Waals surface area contributed by atoms with Gasteiger partial charge < -0.3 is 96.7 Å². The summed E-state index contributed by atoms with van der Waals surface area (Å²) in [7, 11) is -4.86. The molecule has 21 nitrogen and oxygen atoms in total. The number of nitrogens with one attached hydrogen (secondary N) is 3. The van der Waals surface area contributed by atoms with Crippen LogP contribution in [-0.2, 0) is 42.6 Å². The minimum atomic E-state index is -3.54. The minimum absolute atomic E-state index is 0. The third-order valence-electron chi connectivity index (χ3n) is 15.9. The molecule has 17 atom stereocenters. The first-order valence-corrected chi connectivity index (χ1v) is 35.2. The molecule has 7 aliphatic rings. The fraction of sp³-hybridized carbons (Fsp3) is 0.532. The Hall–Kier alpha value is -5.06. The summed E-state index contributed by atoms with van der Waals surface area (Å²) in [5.41, 5.74) is 23.1. The van der Waals surface area contributed by atoms with E-state index in [1.807, 2.05) is 98.8 Å². The second kappa shape index (κ2) is 52.8. The van der Waals surface area contributed by atoms with Gasteiger partial charge in [-0.15, -0.1) is 0 Å². The van der Waals surface area contributed by atoms with Crippen LogP contribution in [0.25, 0.3) is 0 Å². The molecule has 6 aromatic carbocycles. The van der Waals surface area contributed by atoms with Gasteiger partial charge in [-0.05, 0) is 82.9 Å². The summed E-state index contributed by atoms with van der Waals surface area (Å²) < 4.78 is 57.3. The Morgan fingerprint density at radius 1 is 0.430 bits per heavy atom. The number of rotatable bonds is 12. The third-order valence-corrected chi connectivity index (χ3v) is 18.4. The van der Waals surface area contributed by atoms with Crippen molar-refractivity contribution in [2.45, 2.75) is 195 Å². The summed E-state index contributed by atoms with van der Waals surface area (Å²) in [6, 6.07) is 56.4. The van der Waals surface area contributed by atoms with E-state index in [1.165, 1.54) is 45.5 Å². The van der Waals surface area contributed by atoms with E-state index in [9.17, 15) is 28.6 Å². The zero-order valence-corrected chi connectivity index (χ0v) is 57.3. The van der Waals surface area contributed by atoms with Crippen LogP contribution in [0.4, 0.5) is 0 Å². The molecular weight excluding hydrogens is 1310 g/mol. The van der Waals surface area contributed by atoms with Crippen LogP contribution >= 0.6 is 8.01 Å². The van der Waals surface area contributed by atoms with Crippen LogP contribution in [0.5, 0.6) is 0 Å². The predicted molar refractivity (Wildman–Crippen MR) is 408 cm³/mol.